The van der Waals surface area contributed by atoms with E-state index >= 15 is 0 Å². The van der Waals surface area contributed by atoms with Crippen LogP contribution in [0.2, 0.25) is 0 Å². The second-order valence-corrected chi connectivity index (χ2v) is 0. The molecule has 4 heavy (non-hydrogen) atoms. The summed E-state index contributed by atoms with van der Waals surface area (Å²) in [6.45, 7) is 0. The molecule has 2 radical (unpaired) electrons. The Morgan fingerprint density at radius 3 is 1.00 bits per heavy atom. The fourth-order valence-electron chi connectivity index (χ4n) is 0. The minimum absolute atomic E-state index is 0. The van der Waals surface area contributed by atoms with E-state index in [1.54, 1.807) is 0 Å². The Hall–Kier alpha value is 2.16. The zero-order valence-electron chi connectivity index (χ0n) is 1.18. The van der Waals surface area contributed by atoms with Crippen LogP contribution in [0.5, 0.6) is 0 Å². The van der Waals surface area contributed by atoms with Gasteiger partial charge >= 0.3 is 0 Å². The van der Waals surface area contributed by atoms with Gasteiger partial charge in [0.1, 0.15) is 0 Å². The number of hydrogen-bond acceptors (Lipinski definition) is 0. The van der Waals surface area contributed by atoms with Crippen molar-refractivity contribution in [2.75, 3.05) is 0 Å². The van der Waals surface area contributed by atoms with Crippen molar-refractivity contribution in [3.05, 3.63) is 0 Å². The number of rotatable bonds is 0. The topological polar surface area (TPSA) is 0 Å². The second kappa shape index (κ2) is 19.2. The van der Waals surface area contributed by atoms with Gasteiger partial charge in [-0.2, -0.15) is 0 Å². The summed E-state index contributed by atoms with van der Waals surface area (Å²) in [6, 6.07) is 0. The summed E-state index contributed by atoms with van der Waals surface area (Å²) in [5.74, 6) is 0. The van der Waals surface area contributed by atoms with Crippen LogP contribution in [0, 0.1) is 0 Å². The quantitative estimate of drug-likeness (QED) is 0.423. The van der Waals surface area contributed by atoms with Crippen molar-refractivity contribution in [2.24, 2.45) is 0 Å². The Kier molecular flexibility index (Phi) is 169. The maximum atomic E-state index is 0. The summed E-state index contributed by atoms with van der Waals surface area (Å²) in [6.07, 6.45) is 0. The zero-order valence-corrected chi connectivity index (χ0v) is 4.86. The average molecular weight is 192 g/mol. The minimum atomic E-state index is 0. The van der Waals surface area contributed by atoms with Gasteiger partial charge in [0.2, 0.25) is 0 Å². The molecule has 0 unspecified atom stereocenters. The SMILES string of the molecule is [AlH3].[Fe].[Mn].[V]. The third kappa shape index (κ3) is 8.91. The normalized spacial score (nSPS) is 0. The molecule has 0 rings (SSSR count). The maximum absolute atomic E-state index is 0. The van der Waals surface area contributed by atoms with Gasteiger partial charge in [-0.05, 0) is 0 Å². The van der Waals surface area contributed by atoms with Gasteiger partial charge in [0, 0.05) is 52.7 Å². The monoisotopic (exact) mass is 192 g/mol. The average Bonchev–Trinajstić information content (AvgIpc) is 0. The molecule has 0 spiro atoms. The first kappa shape index (κ1) is 35.2. The van der Waals surface area contributed by atoms with Crippen molar-refractivity contribution in [1.82, 2.24) is 0 Å². The van der Waals surface area contributed by atoms with E-state index in [2.05, 4.69) is 0 Å². The van der Waals surface area contributed by atoms with Crippen molar-refractivity contribution < 1.29 is 52.7 Å². The summed E-state index contributed by atoms with van der Waals surface area (Å²) in [5, 5.41) is 0. The molecule has 0 aromatic carbocycles. The molecule has 26 valence electrons. The van der Waals surface area contributed by atoms with Crippen LogP contribution in [0.15, 0.2) is 0 Å². The minimum Gasteiger partial charge on any atom is 0 e. The van der Waals surface area contributed by atoms with Crippen molar-refractivity contribution in [1.29, 1.82) is 0 Å². The van der Waals surface area contributed by atoms with Crippen LogP contribution in [0.4, 0.5) is 0 Å². The van der Waals surface area contributed by atoms with Crippen LogP contribution in [-0.2, 0) is 52.7 Å². The number of hydrogen-bond donors (Lipinski definition) is 0. The Morgan fingerprint density at radius 2 is 1.00 bits per heavy atom. The van der Waals surface area contributed by atoms with Gasteiger partial charge < -0.3 is 0 Å². The van der Waals surface area contributed by atoms with Gasteiger partial charge in [-0.1, -0.05) is 0 Å². The van der Waals surface area contributed by atoms with Crippen LogP contribution in [0.25, 0.3) is 0 Å². The molecule has 4 heteroatoms. The first-order valence-electron chi connectivity index (χ1n) is 0. The fourth-order valence-corrected chi connectivity index (χ4v) is 0. The van der Waals surface area contributed by atoms with E-state index in [-0.39, 0.29) is 70.1 Å². The molecule has 0 aliphatic rings. The molecule has 0 bridgehead atoms. The summed E-state index contributed by atoms with van der Waals surface area (Å²) < 4.78 is 0. The first-order valence-corrected chi connectivity index (χ1v) is 0. The summed E-state index contributed by atoms with van der Waals surface area (Å²) in [5.41, 5.74) is 0. The van der Waals surface area contributed by atoms with Gasteiger partial charge in [-0.25, -0.2) is 0 Å². The van der Waals surface area contributed by atoms with E-state index in [9.17, 15) is 0 Å². The Balaban J connectivity index is 0. The van der Waals surface area contributed by atoms with Crippen molar-refractivity contribution >= 4 is 17.4 Å². The van der Waals surface area contributed by atoms with Gasteiger partial charge in [0.05, 0.1) is 0 Å². The van der Waals surface area contributed by atoms with Crippen LogP contribution < -0.4 is 0 Å². The van der Waals surface area contributed by atoms with Crippen molar-refractivity contribution in [2.45, 2.75) is 0 Å². The Labute approximate surface area is 69.4 Å². The molecule has 0 fully saturated rings. The van der Waals surface area contributed by atoms with E-state index in [0.29, 0.717) is 0 Å². The van der Waals surface area contributed by atoms with E-state index in [1.165, 1.54) is 0 Å². The predicted octanol–water partition coefficient (Wildman–Crippen LogP) is -1.19. The zero-order chi connectivity index (χ0) is 0. The summed E-state index contributed by atoms with van der Waals surface area (Å²) in [7, 11) is 0. The van der Waals surface area contributed by atoms with E-state index < -0.39 is 0 Å². The molecule has 0 atom stereocenters. The predicted molar refractivity (Wildman–Crippen MR) is 9.94 cm³/mol. The van der Waals surface area contributed by atoms with E-state index in [4.69, 9.17) is 0 Å². The second-order valence-electron chi connectivity index (χ2n) is 0. The van der Waals surface area contributed by atoms with Crippen LogP contribution in [0.3, 0.4) is 0 Å². The van der Waals surface area contributed by atoms with Gasteiger partial charge in [0.25, 0.3) is 0 Å². The third-order valence-corrected chi connectivity index (χ3v) is 0. The molecule has 0 saturated carbocycles. The molecule has 0 saturated heterocycles. The van der Waals surface area contributed by atoms with Gasteiger partial charge in [0.15, 0.2) is 17.4 Å². The molecule has 0 nitrogen and oxygen atoms in total. The first-order chi connectivity index (χ1) is 0. The summed E-state index contributed by atoms with van der Waals surface area (Å²) in [4.78, 5) is 0. The molecule has 0 N–H and O–H groups in total. The summed E-state index contributed by atoms with van der Waals surface area (Å²) >= 11 is 0. The van der Waals surface area contributed by atoms with E-state index in [0.717, 1.165) is 0 Å². The molecular formula is H3AlFeMnV. The third-order valence-electron chi connectivity index (χ3n) is 0. The standard InChI is InChI=1S/Al.Fe.Mn.V.3H. The van der Waals surface area contributed by atoms with Gasteiger partial charge in [-0.3, -0.25) is 0 Å². The smallest absolute Gasteiger partial charge is 0 e. The molecule has 0 aromatic heterocycles. The fraction of sp³-hybridized carbons (Fsp3) is 0. The molecule has 0 aromatic rings. The van der Waals surface area contributed by atoms with Crippen LogP contribution in [-0.4, -0.2) is 17.4 Å². The molecule has 0 aliphatic heterocycles. The van der Waals surface area contributed by atoms with Crippen LogP contribution >= 0.6 is 0 Å². The van der Waals surface area contributed by atoms with Gasteiger partial charge in [-0.15, -0.1) is 0 Å². The molecule has 0 heterocycles. The molecule has 0 aliphatic carbocycles. The Bertz CT molecular complexity index is 8.00. The molecule has 0 amide bonds. The Morgan fingerprint density at radius 1 is 1.00 bits per heavy atom. The maximum Gasteiger partial charge on any atom is 0.187 e. The molecular weight excluding hydrogens is 189 g/mol. The van der Waals surface area contributed by atoms with Crippen molar-refractivity contribution in [3.63, 3.8) is 0 Å². The van der Waals surface area contributed by atoms with E-state index in [1.807, 2.05) is 0 Å². The largest absolute Gasteiger partial charge is 0.187 e. The van der Waals surface area contributed by atoms with Crippen molar-refractivity contribution in [3.8, 4) is 0 Å². The van der Waals surface area contributed by atoms with Crippen LogP contribution in [0.1, 0.15) is 0 Å².